The molecule has 0 saturated heterocycles. The molecule has 2 rings (SSSR count). The zero-order chi connectivity index (χ0) is 13.8. The van der Waals surface area contributed by atoms with Crippen molar-refractivity contribution in [3.63, 3.8) is 0 Å². The third kappa shape index (κ3) is 3.33. The van der Waals surface area contributed by atoms with Crippen molar-refractivity contribution in [2.24, 2.45) is 0 Å². The number of aryl methyl sites for hydroxylation is 1. The van der Waals surface area contributed by atoms with Gasteiger partial charge in [-0.2, -0.15) is 0 Å². The first-order chi connectivity index (χ1) is 9.11. The number of benzene rings is 1. The zero-order valence-electron chi connectivity index (χ0n) is 12.0. The van der Waals surface area contributed by atoms with Crippen LogP contribution in [0.4, 0.5) is 5.69 Å². The van der Waals surface area contributed by atoms with E-state index in [1.807, 2.05) is 14.0 Å². The molecule has 4 heteroatoms. The molecular formula is C15H21N3S. The van der Waals surface area contributed by atoms with Crippen molar-refractivity contribution in [3.05, 3.63) is 45.9 Å². The second-order valence-corrected chi connectivity index (χ2v) is 5.85. The van der Waals surface area contributed by atoms with Gasteiger partial charge in [-0.25, -0.2) is 4.98 Å². The topological polar surface area (TPSA) is 28.2 Å². The Morgan fingerprint density at radius 2 is 2.11 bits per heavy atom. The first-order valence-electron chi connectivity index (χ1n) is 6.50. The number of nitrogens with one attached hydrogen (secondary N) is 1. The molecular weight excluding hydrogens is 254 g/mol. The Kier molecular flexibility index (Phi) is 4.56. The summed E-state index contributed by atoms with van der Waals surface area (Å²) in [6.07, 6.45) is 0. The fraction of sp³-hybridized carbons (Fsp3) is 0.400. The molecule has 1 atom stereocenters. The quantitative estimate of drug-likeness (QED) is 0.907. The lowest BCUT2D eigenvalue weighted by molar-refractivity contribution is 0.649. The Morgan fingerprint density at radius 1 is 1.37 bits per heavy atom. The van der Waals surface area contributed by atoms with Gasteiger partial charge in [0.1, 0.15) is 0 Å². The summed E-state index contributed by atoms with van der Waals surface area (Å²) in [6, 6.07) is 8.87. The van der Waals surface area contributed by atoms with Crippen molar-refractivity contribution in [1.82, 2.24) is 10.3 Å². The molecule has 0 aliphatic carbocycles. The average Bonchev–Trinajstić information content (AvgIpc) is 2.83. The molecule has 0 aliphatic heterocycles. The molecule has 1 aromatic heterocycles. The molecule has 0 fully saturated rings. The molecule has 1 aromatic carbocycles. The highest BCUT2D eigenvalue weighted by Crippen LogP contribution is 2.26. The highest BCUT2D eigenvalue weighted by Gasteiger charge is 2.12. The van der Waals surface area contributed by atoms with Crippen molar-refractivity contribution in [1.29, 1.82) is 0 Å². The first-order valence-corrected chi connectivity index (χ1v) is 7.38. The maximum Gasteiger partial charge on any atom is 0.0898 e. The highest BCUT2D eigenvalue weighted by atomic mass is 32.1. The minimum Gasteiger partial charge on any atom is -0.368 e. The summed E-state index contributed by atoms with van der Waals surface area (Å²) in [5, 5.41) is 6.56. The molecule has 0 bridgehead atoms. The van der Waals surface area contributed by atoms with Crippen LogP contribution in [0.3, 0.4) is 0 Å². The zero-order valence-corrected chi connectivity index (χ0v) is 12.8. The Balaban J connectivity index is 2.21. The maximum absolute atomic E-state index is 4.53. The number of aromatic nitrogens is 1. The number of nitrogens with zero attached hydrogens (tertiary/aromatic N) is 2. The van der Waals surface area contributed by atoms with Gasteiger partial charge in [0.25, 0.3) is 0 Å². The second-order valence-electron chi connectivity index (χ2n) is 4.78. The molecule has 0 spiro atoms. The maximum atomic E-state index is 4.53. The fourth-order valence-corrected chi connectivity index (χ4v) is 2.77. The monoisotopic (exact) mass is 275 g/mol. The van der Waals surface area contributed by atoms with Gasteiger partial charge in [-0.15, -0.1) is 11.3 Å². The van der Waals surface area contributed by atoms with Crippen LogP contribution >= 0.6 is 11.3 Å². The molecule has 2 aromatic rings. The van der Waals surface area contributed by atoms with Gasteiger partial charge in [0.15, 0.2) is 0 Å². The minimum atomic E-state index is 0.343. The SMILES string of the molecule is CNC(C)c1ccccc1N(C)Cc1csc(C)n1. The molecule has 0 aliphatic rings. The van der Waals surface area contributed by atoms with Gasteiger partial charge < -0.3 is 10.2 Å². The number of anilines is 1. The van der Waals surface area contributed by atoms with Gasteiger partial charge in [0.05, 0.1) is 17.2 Å². The molecule has 0 saturated carbocycles. The van der Waals surface area contributed by atoms with Crippen LogP contribution in [0, 0.1) is 6.92 Å². The lowest BCUT2D eigenvalue weighted by Crippen LogP contribution is -2.21. The van der Waals surface area contributed by atoms with Gasteiger partial charge in [-0.1, -0.05) is 18.2 Å². The Labute approximate surface area is 119 Å². The number of thiazole rings is 1. The summed E-state index contributed by atoms with van der Waals surface area (Å²) in [7, 11) is 4.11. The number of para-hydroxylation sites is 1. The number of rotatable bonds is 5. The van der Waals surface area contributed by atoms with E-state index in [1.165, 1.54) is 11.3 Å². The molecule has 19 heavy (non-hydrogen) atoms. The van der Waals surface area contributed by atoms with E-state index < -0.39 is 0 Å². The molecule has 0 amide bonds. The Hall–Kier alpha value is -1.39. The van der Waals surface area contributed by atoms with E-state index in [-0.39, 0.29) is 0 Å². The van der Waals surface area contributed by atoms with E-state index in [0.29, 0.717) is 6.04 Å². The van der Waals surface area contributed by atoms with Crippen LogP contribution in [0.2, 0.25) is 0 Å². The fourth-order valence-electron chi connectivity index (χ4n) is 2.17. The van der Waals surface area contributed by atoms with Crippen LogP contribution in [0.15, 0.2) is 29.6 Å². The predicted octanol–water partition coefficient (Wildman–Crippen LogP) is 3.37. The van der Waals surface area contributed by atoms with Crippen molar-refractivity contribution >= 4 is 17.0 Å². The lowest BCUT2D eigenvalue weighted by Gasteiger charge is -2.24. The summed E-state index contributed by atoms with van der Waals surface area (Å²) < 4.78 is 0. The van der Waals surface area contributed by atoms with E-state index in [1.54, 1.807) is 11.3 Å². The molecule has 0 radical (unpaired) electrons. The number of hydrogen-bond acceptors (Lipinski definition) is 4. The largest absolute Gasteiger partial charge is 0.368 e. The van der Waals surface area contributed by atoms with Crippen molar-refractivity contribution < 1.29 is 0 Å². The second kappa shape index (κ2) is 6.17. The molecule has 1 N–H and O–H groups in total. The standard InChI is InChI=1S/C15H21N3S/c1-11(16-3)14-7-5-6-8-15(14)18(4)9-13-10-19-12(2)17-13/h5-8,10-11,16H,9H2,1-4H3. The van der Waals surface area contributed by atoms with Crippen molar-refractivity contribution in [2.45, 2.75) is 26.4 Å². The summed E-state index contributed by atoms with van der Waals surface area (Å²) in [6.45, 7) is 5.07. The van der Waals surface area contributed by atoms with E-state index in [4.69, 9.17) is 0 Å². The van der Waals surface area contributed by atoms with E-state index >= 15 is 0 Å². The van der Waals surface area contributed by atoms with Gasteiger partial charge >= 0.3 is 0 Å². The normalized spacial score (nSPS) is 12.4. The van der Waals surface area contributed by atoms with Crippen molar-refractivity contribution in [3.8, 4) is 0 Å². The third-order valence-corrected chi connectivity index (χ3v) is 4.14. The lowest BCUT2D eigenvalue weighted by atomic mass is 10.1. The van der Waals surface area contributed by atoms with Crippen LogP contribution in [0.25, 0.3) is 0 Å². The highest BCUT2D eigenvalue weighted by molar-refractivity contribution is 7.09. The van der Waals surface area contributed by atoms with Gasteiger partial charge in [-0.05, 0) is 32.5 Å². The summed E-state index contributed by atoms with van der Waals surface area (Å²) in [4.78, 5) is 6.79. The smallest absolute Gasteiger partial charge is 0.0898 e. The Morgan fingerprint density at radius 3 is 2.74 bits per heavy atom. The Bertz CT molecular complexity index is 536. The first kappa shape index (κ1) is 14.0. The van der Waals surface area contributed by atoms with Crippen LogP contribution < -0.4 is 10.2 Å². The van der Waals surface area contributed by atoms with E-state index in [0.717, 1.165) is 17.2 Å². The van der Waals surface area contributed by atoms with E-state index in [9.17, 15) is 0 Å². The summed E-state index contributed by atoms with van der Waals surface area (Å²) in [5.74, 6) is 0. The van der Waals surface area contributed by atoms with Crippen LogP contribution in [-0.4, -0.2) is 19.1 Å². The van der Waals surface area contributed by atoms with Crippen LogP contribution in [0.5, 0.6) is 0 Å². The van der Waals surface area contributed by atoms with Gasteiger partial charge in [0.2, 0.25) is 0 Å². The summed E-state index contributed by atoms with van der Waals surface area (Å²) in [5.41, 5.74) is 3.71. The van der Waals surface area contributed by atoms with Gasteiger partial charge in [-0.3, -0.25) is 0 Å². The van der Waals surface area contributed by atoms with Crippen molar-refractivity contribution in [2.75, 3.05) is 19.0 Å². The van der Waals surface area contributed by atoms with E-state index in [2.05, 4.69) is 58.8 Å². The van der Waals surface area contributed by atoms with Crippen LogP contribution in [0.1, 0.15) is 29.2 Å². The number of hydrogen-bond donors (Lipinski definition) is 1. The van der Waals surface area contributed by atoms with Gasteiger partial charge in [0, 0.05) is 24.2 Å². The molecule has 1 heterocycles. The summed E-state index contributed by atoms with van der Waals surface area (Å²) >= 11 is 1.71. The average molecular weight is 275 g/mol. The molecule has 3 nitrogen and oxygen atoms in total. The predicted molar refractivity (Wildman–Crippen MR) is 82.9 cm³/mol. The minimum absolute atomic E-state index is 0.343. The molecule has 102 valence electrons. The molecule has 1 unspecified atom stereocenters. The third-order valence-electron chi connectivity index (χ3n) is 3.31. The van der Waals surface area contributed by atoms with Crippen LogP contribution in [-0.2, 0) is 6.54 Å².